The van der Waals surface area contributed by atoms with Crippen LogP contribution in [0.1, 0.15) is 5.56 Å². The first-order valence-corrected chi connectivity index (χ1v) is 4.41. The molecule has 3 heteroatoms. The number of hydrogen-bond acceptors (Lipinski definition) is 2. The number of rotatable bonds is 3. The van der Waals surface area contributed by atoms with Gasteiger partial charge in [0.15, 0.2) is 0 Å². The minimum absolute atomic E-state index is 0.799. The van der Waals surface area contributed by atoms with E-state index in [0.29, 0.717) is 0 Å². The van der Waals surface area contributed by atoms with Gasteiger partial charge >= 0.3 is 0 Å². The SMILES string of the molecule is CON=CCc1cccc(Br)c1. The third-order valence-electron chi connectivity index (χ3n) is 1.40. The molecule has 0 atom stereocenters. The zero-order valence-electron chi connectivity index (χ0n) is 6.83. The van der Waals surface area contributed by atoms with Crippen LogP contribution in [0.2, 0.25) is 0 Å². The van der Waals surface area contributed by atoms with Crippen LogP contribution in [-0.2, 0) is 11.3 Å². The molecule has 0 amide bonds. The molecule has 1 rings (SSSR count). The molecule has 0 saturated heterocycles. The van der Waals surface area contributed by atoms with Gasteiger partial charge in [-0.2, -0.15) is 0 Å². The number of halogens is 1. The van der Waals surface area contributed by atoms with E-state index in [-0.39, 0.29) is 0 Å². The van der Waals surface area contributed by atoms with Crippen LogP contribution in [0.3, 0.4) is 0 Å². The van der Waals surface area contributed by atoms with Crippen molar-refractivity contribution < 1.29 is 4.84 Å². The summed E-state index contributed by atoms with van der Waals surface area (Å²) in [5.74, 6) is 0. The number of hydrogen-bond donors (Lipinski definition) is 0. The van der Waals surface area contributed by atoms with E-state index in [0.717, 1.165) is 10.9 Å². The van der Waals surface area contributed by atoms with Gasteiger partial charge in [0.1, 0.15) is 7.11 Å². The second-order valence-corrected chi connectivity index (χ2v) is 3.22. The topological polar surface area (TPSA) is 21.6 Å². The maximum atomic E-state index is 4.55. The summed E-state index contributed by atoms with van der Waals surface area (Å²) in [6.07, 6.45) is 2.54. The van der Waals surface area contributed by atoms with Crippen molar-refractivity contribution in [3.63, 3.8) is 0 Å². The van der Waals surface area contributed by atoms with E-state index in [1.165, 1.54) is 12.7 Å². The van der Waals surface area contributed by atoms with Gasteiger partial charge in [0.2, 0.25) is 0 Å². The van der Waals surface area contributed by atoms with E-state index in [9.17, 15) is 0 Å². The average molecular weight is 228 g/mol. The third kappa shape index (κ3) is 3.05. The van der Waals surface area contributed by atoms with Gasteiger partial charge in [-0.1, -0.05) is 33.2 Å². The predicted octanol–water partition coefficient (Wildman–Crippen LogP) is 2.62. The van der Waals surface area contributed by atoms with Gasteiger partial charge in [-0.15, -0.1) is 0 Å². The highest BCUT2D eigenvalue weighted by Gasteiger charge is 1.90. The largest absolute Gasteiger partial charge is 0.399 e. The fraction of sp³-hybridized carbons (Fsp3) is 0.222. The van der Waals surface area contributed by atoms with E-state index in [1.54, 1.807) is 6.21 Å². The molecule has 0 saturated carbocycles. The minimum Gasteiger partial charge on any atom is -0.399 e. The first kappa shape index (κ1) is 9.26. The van der Waals surface area contributed by atoms with Gasteiger partial charge in [-0.05, 0) is 17.7 Å². The monoisotopic (exact) mass is 227 g/mol. The zero-order valence-corrected chi connectivity index (χ0v) is 8.41. The van der Waals surface area contributed by atoms with Crippen LogP contribution >= 0.6 is 15.9 Å². The third-order valence-corrected chi connectivity index (χ3v) is 1.89. The standard InChI is InChI=1S/C9H10BrNO/c1-12-11-6-5-8-3-2-4-9(10)7-8/h2-4,6-7H,5H2,1H3. The Morgan fingerprint density at radius 3 is 3.08 bits per heavy atom. The molecule has 0 heterocycles. The van der Waals surface area contributed by atoms with Gasteiger partial charge in [-0.3, -0.25) is 0 Å². The summed E-state index contributed by atoms with van der Waals surface area (Å²) < 4.78 is 1.09. The van der Waals surface area contributed by atoms with E-state index < -0.39 is 0 Å². The smallest absolute Gasteiger partial charge is 0.106 e. The lowest BCUT2D eigenvalue weighted by Gasteiger charge is -1.95. The quantitative estimate of drug-likeness (QED) is 0.575. The van der Waals surface area contributed by atoms with E-state index in [2.05, 4.69) is 32.0 Å². The van der Waals surface area contributed by atoms with Crippen LogP contribution in [0, 0.1) is 0 Å². The molecule has 0 unspecified atom stereocenters. The second kappa shape index (κ2) is 4.93. The minimum atomic E-state index is 0.799. The molecule has 0 aliphatic heterocycles. The molecule has 0 aliphatic carbocycles. The normalized spacial score (nSPS) is 10.5. The van der Waals surface area contributed by atoms with E-state index >= 15 is 0 Å². The van der Waals surface area contributed by atoms with E-state index in [1.807, 2.05) is 18.2 Å². The highest BCUT2D eigenvalue weighted by atomic mass is 79.9. The molecule has 12 heavy (non-hydrogen) atoms. The Labute approximate surface area is 80.4 Å². The van der Waals surface area contributed by atoms with Crippen LogP contribution in [0.25, 0.3) is 0 Å². The summed E-state index contributed by atoms with van der Waals surface area (Å²) in [5.41, 5.74) is 1.21. The van der Waals surface area contributed by atoms with Crippen molar-refractivity contribution in [1.29, 1.82) is 0 Å². The molecule has 0 aliphatic rings. The van der Waals surface area contributed by atoms with Crippen LogP contribution in [0.5, 0.6) is 0 Å². The molecule has 0 fully saturated rings. The first-order chi connectivity index (χ1) is 5.83. The Morgan fingerprint density at radius 2 is 2.42 bits per heavy atom. The molecule has 0 radical (unpaired) electrons. The van der Waals surface area contributed by atoms with Gasteiger partial charge in [0.25, 0.3) is 0 Å². The van der Waals surface area contributed by atoms with Crippen molar-refractivity contribution >= 4 is 22.1 Å². The molecule has 0 aromatic heterocycles. The molecule has 64 valence electrons. The van der Waals surface area contributed by atoms with Crippen molar-refractivity contribution in [3.8, 4) is 0 Å². The first-order valence-electron chi connectivity index (χ1n) is 3.62. The maximum absolute atomic E-state index is 4.55. The summed E-state index contributed by atoms with van der Waals surface area (Å²) >= 11 is 3.40. The molecule has 0 spiro atoms. The second-order valence-electron chi connectivity index (χ2n) is 2.30. The van der Waals surface area contributed by atoms with Gasteiger partial charge in [0.05, 0.1) is 0 Å². The molecule has 0 N–H and O–H groups in total. The van der Waals surface area contributed by atoms with Crippen molar-refractivity contribution in [2.75, 3.05) is 7.11 Å². The van der Waals surface area contributed by atoms with Gasteiger partial charge in [-0.25, -0.2) is 0 Å². The van der Waals surface area contributed by atoms with Crippen LogP contribution in [-0.4, -0.2) is 13.3 Å². The van der Waals surface area contributed by atoms with Crippen molar-refractivity contribution in [2.45, 2.75) is 6.42 Å². The lowest BCUT2D eigenvalue weighted by Crippen LogP contribution is -1.85. The lowest BCUT2D eigenvalue weighted by molar-refractivity contribution is 0.215. The van der Waals surface area contributed by atoms with Crippen molar-refractivity contribution in [2.24, 2.45) is 5.16 Å². The van der Waals surface area contributed by atoms with Crippen molar-refractivity contribution in [3.05, 3.63) is 34.3 Å². The molecule has 2 nitrogen and oxygen atoms in total. The molecular formula is C9H10BrNO. The molecule has 1 aromatic rings. The average Bonchev–Trinajstić information content (AvgIpc) is 2.05. The number of nitrogens with zero attached hydrogens (tertiary/aromatic N) is 1. The highest BCUT2D eigenvalue weighted by molar-refractivity contribution is 9.10. The Morgan fingerprint density at radius 1 is 1.58 bits per heavy atom. The fourth-order valence-corrected chi connectivity index (χ4v) is 1.33. The molecule has 1 aromatic carbocycles. The van der Waals surface area contributed by atoms with E-state index in [4.69, 9.17) is 0 Å². The maximum Gasteiger partial charge on any atom is 0.106 e. The summed E-state index contributed by atoms with van der Waals surface area (Å²) in [6, 6.07) is 8.10. The van der Waals surface area contributed by atoms with Crippen molar-refractivity contribution in [1.82, 2.24) is 0 Å². The summed E-state index contributed by atoms with van der Waals surface area (Å²) in [6.45, 7) is 0. The van der Waals surface area contributed by atoms with Crippen LogP contribution in [0.15, 0.2) is 33.9 Å². The summed E-state index contributed by atoms with van der Waals surface area (Å²) in [7, 11) is 1.54. The lowest BCUT2D eigenvalue weighted by atomic mass is 10.2. The zero-order chi connectivity index (χ0) is 8.81. The number of oxime groups is 1. The Balaban J connectivity index is 2.57. The summed E-state index contributed by atoms with van der Waals surface area (Å²) in [5, 5.41) is 3.66. The molecular weight excluding hydrogens is 218 g/mol. The van der Waals surface area contributed by atoms with Crippen LogP contribution < -0.4 is 0 Å². The number of benzene rings is 1. The fourth-order valence-electron chi connectivity index (χ4n) is 0.881. The van der Waals surface area contributed by atoms with Crippen LogP contribution in [0.4, 0.5) is 0 Å². The Hall–Kier alpha value is -0.830. The van der Waals surface area contributed by atoms with Gasteiger partial charge in [0, 0.05) is 17.1 Å². The molecule has 0 bridgehead atoms. The highest BCUT2D eigenvalue weighted by Crippen LogP contribution is 2.11. The Bertz CT molecular complexity index is 273. The predicted molar refractivity (Wildman–Crippen MR) is 53.3 cm³/mol. The van der Waals surface area contributed by atoms with Gasteiger partial charge < -0.3 is 4.84 Å². The Kier molecular flexibility index (Phi) is 3.80. The summed E-state index contributed by atoms with van der Waals surface area (Å²) in [4.78, 5) is 4.55.